The quantitative estimate of drug-likeness (QED) is 0.427. The van der Waals surface area contributed by atoms with Crippen LogP contribution in [0.3, 0.4) is 0 Å². The van der Waals surface area contributed by atoms with E-state index in [1.54, 1.807) is 18.2 Å². The van der Waals surface area contributed by atoms with Crippen LogP contribution in [0.4, 0.5) is 0 Å². The number of methoxy groups -OCH3 is 1. The van der Waals surface area contributed by atoms with Gasteiger partial charge in [0.1, 0.15) is 5.75 Å². The molecule has 1 N–H and O–H groups in total. The number of esters is 1. The van der Waals surface area contributed by atoms with Crippen molar-refractivity contribution in [1.82, 2.24) is 0 Å². The van der Waals surface area contributed by atoms with Crippen LogP contribution in [0.1, 0.15) is 42.1 Å². The molecular formula is C16H20O6. The molecule has 0 spiro atoms. The van der Waals surface area contributed by atoms with Gasteiger partial charge in [0.25, 0.3) is 0 Å². The van der Waals surface area contributed by atoms with E-state index in [1.165, 1.54) is 14.0 Å². The third-order valence-corrected chi connectivity index (χ3v) is 3.06. The van der Waals surface area contributed by atoms with E-state index in [9.17, 15) is 14.4 Å². The molecule has 6 nitrogen and oxygen atoms in total. The first-order valence-corrected chi connectivity index (χ1v) is 6.99. The summed E-state index contributed by atoms with van der Waals surface area (Å²) in [6.07, 6.45) is 0.987. The lowest BCUT2D eigenvalue weighted by Gasteiger charge is -2.10. The van der Waals surface area contributed by atoms with Crippen LogP contribution in [0.5, 0.6) is 5.75 Å². The first-order chi connectivity index (χ1) is 10.4. The SMILES string of the molecule is COc1ccc(C(=O)CCC(=O)O)cc1CCCOC(C)=O. The zero-order valence-corrected chi connectivity index (χ0v) is 12.8. The monoisotopic (exact) mass is 308 g/mol. The van der Waals surface area contributed by atoms with E-state index < -0.39 is 5.97 Å². The average Bonchev–Trinajstić information content (AvgIpc) is 2.48. The molecule has 0 fully saturated rings. The number of ketones is 1. The Morgan fingerprint density at radius 1 is 1.18 bits per heavy atom. The van der Waals surface area contributed by atoms with Crippen LogP contribution in [0.15, 0.2) is 18.2 Å². The molecule has 0 bridgehead atoms. The van der Waals surface area contributed by atoms with Crippen molar-refractivity contribution in [2.45, 2.75) is 32.6 Å². The number of ether oxygens (including phenoxy) is 2. The highest BCUT2D eigenvalue weighted by atomic mass is 16.5. The lowest BCUT2D eigenvalue weighted by molar-refractivity contribution is -0.141. The molecule has 0 heterocycles. The maximum Gasteiger partial charge on any atom is 0.303 e. The minimum Gasteiger partial charge on any atom is -0.496 e. The second-order valence-corrected chi connectivity index (χ2v) is 4.79. The summed E-state index contributed by atoms with van der Waals surface area (Å²) >= 11 is 0. The third kappa shape index (κ3) is 5.95. The molecule has 1 aromatic rings. The van der Waals surface area contributed by atoms with E-state index in [4.69, 9.17) is 14.6 Å². The maximum absolute atomic E-state index is 11.9. The van der Waals surface area contributed by atoms with E-state index in [0.717, 1.165) is 5.56 Å². The summed E-state index contributed by atoms with van der Waals surface area (Å²) in [7, 11) is 1.54. The Labute approximate surface area is 129 Å². The Bertz CT molecular complexity index is 550. The summed E-state index contributed by atoms with van der Waals surface area (Å²) in [5, 5.41) is 8.62. The molecule has 0 aliphatic rings. The molecule has 0 amide bonds. The van der Waals surface area contributed by atoms with Crippen molar-refractivity contribution in [1.29, 1.82) is 0 Å². The van der Waals surface area contributed by atoms with Crippen molar-refractivity contribution in [3.8, 4) is 5.75 Å². The molecule has 22 heavy (non-hydrogen) atoms. The lowest BCUT2D eigenvalue weighted by Crippen LogP contribution is -2.06. The highest BCUT2D eigenvalue weighted by Crippen LogP contribution is 2.22. The fourth-order valence-corrected chi connectivity index (χ4v) is 1.99. The Balaban J connectivity index is 2.73. The summed E-state index contributed by atoms with van der Waals surface area (Å²) in [6, 6.07) is 5.02. The molecule has 1 aromatic carbocycles. The van der Waals surface area contributed by atoms with Gasteiger partial charge >= 0.3 is 11.9 Å². The van der Waals surface area contributed by atoms with Gasteiger partial charge in [-0.05, 0) is 36.6 Å². The van der Waals surface area contributed by atoms with Crippen LogP contribution in [0, 0.1) is 0 Å². The van der Waals surface area contributed by atoms with Gasteiger partial charge in [0.15, 0.2) is 5.78 Å². The lowest BCUT2D eigenvalue weighted by atomic mass is 10.0. The van der Waals surface area contributed by atoms with Crippen molar-refractivity contribution in [2.24, 2.45) is 0 Å². The van der Waals surface area contributed by atoms with Gasteiger partial charge in [-0.25, -0.2) is 0 Å². The van der Waals surface area contributed by atoms with Crippen LogP contribution < -0.4 is 4.74 Å². The van der Waals surface area contributed by atoms with E-state index in [0.29, 0.717) is 30.8 Å². The van der Waals surface area contributed by atoms with Gasteiger partial charge in [-0.2, -0.15) is 0 Å². The number of rotatable bonds is 9. The number of carboxylic acid groups (broad SMARTS) is 1. The molecular weight excluding hydrogens is 288 g/mol. The second kappa shape index (κ2) is 8.81. The average molecular weight is 308 g/mol. The minimum atomic E-state index is -0.997. The van der Waals surface area contributed by atoms with Gasteiger partial charge in [0, 0.05) is 18.9 Å². The first-order valence-electron chi connectivity index (χ1n) is 6.99. The van der Waals surface area contributed by atoms with Crippen molar-refractivity contribution >= 4 is 17.7 Å². The maximum atomic E-state index is 11.9. The molecule has 0 unspecified atom stereocenters. The minimum absolute atomic E-state index is 0.0332. The number of benzene rings is 1. The first kappa shape index (κ1) is 17.7. The Hall–Kier alpha value is -2.37. The molecule has 0 aliphatic carbocycles. The second-order valence-electron chi connectivity index (χ2n) is 4.79. The third-order valence-electron chi connectivity index (χ3n) is 3.06. The number of carbonyl (C=O) groups excluding carboxylic acids is 2. The smallest absolute Gasteiger partial charge is 0.303 e. The van der Waals surface area contributed by atoms with Gasteiger partial charge in [0.05, 0.1) is 20.1 Å². The van der Waals surface area contributed by atoms with Gasteiger partial charge in [0.2, 0.25) is 0 Å². The van der Waals surface area contributed by atoms with Crippen LogP contribution in [0.2, 0.25) is 0 Å². The van der Waals surface area contributed by atoms with E-state index in [2.05, 4.69) is 0 Å². The van der Waals surface area contributed by atoms with E-state index >= 15 is 0 Å². The van der Waals surface area contributed by atoms with Crippen molar-refractivity contribution in [2.75, 3.05) is 13.7 Å². The van der Waals surface area contributed by atoms with Gasteiger partial charge < -0.3 is 14.6 Å². The highest BCUT2D eigenvalue weighted by molar-refractivity contribution is 5.97. The number of aryl methyl sites for hydroxylation is 1. The number of carbonyl (C=O) groups is 3. The Morgan fingerprint density at radius 3 is 2.50 bits per heavy atom. The van der Waals surface area contributed by atoms with E-state index in [1.807, 2.05) is 0 Å². The predicted octanol–water partition coefficient (Wildman–Crippen LogP) is 2.24. The number of carboxylic acids is 1. The van der Waals surface area contributed by atoms with Crippen LogP contribution in [-0.4, -0.2) is 36.5 Å². The largest absolute Gasteiger partial charge is 0.496 e. The van der Waals surface area contributed by atoms with Gasteiger partial charge in [-0.3, -0.25) is 14.4 Å². The molecule has 0 atom stereocenters. The normalized spacial score (nSPS) is 10.1. The van der Waals surface area contributed by atoms with Crippen LogP contribution >= 0.6 is 0 Å². The molecule has 1 rings (SSSR count). The van der Waals surface area contributed by atoms with Gasteiger partial charge in [-0.15, -0.1) is 0 Å². The molecule has 0 radical (unpaired) electrons. The van der Waals surface area contributed by atoms with Crippen LogP contribution in [-0.2, 0) is 20.7 Å². The van der Waals surface area contributed by atoms with Crippen LogP contribution in [0.25, 0.3) is 0 Å². The molecule has 120 valence electrons. The number of hydrogen-bond acceptors (Lipinski definition) is 5. The molecule has 0 saturated carbocycles. The van der Waals surface area contributed by atoms with Gasteiger partial charge in [-0.1, -0.05) is 0 Å². The van der Waals surface area contributed by atoms with E-state index in [-0.39, 0.29) is 24.6 Å². The fourth-order valence-electron chi connectivity index (χ4n) is 1.99. The summed E-state index contributed by atoms with van der Waals surface area (Å²) in [6.45, 7) is 1.65. The fraction of sp³-hybridized carbons (Fsp3) is 0.438. The topological polar surface area (TPSA) is 89.9 Å². The zero-order chi connectivity index (χ0) is 16.5. The summed E-state index contributed by atoms with van der Waals surface area (Å²) in [5.74, 6) is -0.892. The summed E-state index contributed by atoms with van der Waals surface area (Å²) in [4.78, 5) is 33.2. The van der Waals surface area contributed by atoms with Crippen molar-refractivity contribution in [3.63, 3.8) is 0 Å². The Kier molecular flexibility index (Phi) is 7.08. The molecule has 0 aliphatic heterocycles. The van der Waals surface area contributed by atoms with Crippen molar-refractivity contribution in [3.05, 3.63) is 29.3 Å². The highest BCUT2D eigenvalue weighted by Gasteiger charge is 2.12. The summed E-state index contributed by atoms with van der Waals surface area (Å²) < 4.78 is 10.1. The molecule has 6 heteroatoms. The predicted molar refractivity (Wildman–Crippen MR) is 79.1 cm³/mol. The number of Topliss-reactive ketones (excluding diaryl/α,β-unsaturated/α-hetero) is 1. The van der Waals surface area contributed by atoms with Crippen molar-refractivity contribution < 1.29 is 29.0 Å². The number of aliphatic carboxylic acids is 1. The molecule has 0 saturated heterocycles. The summed E-state index contributed by atoms with van der Waals surface area (Å²) in [5.41, 5.74) is 1.29. The standard InChI is InChI=1S/C16H20O6/c1-11(17)22-9-3-4-13-10-12(5-7-15(13)21-2)14(18)6-8-16(19)20/h5,7,10H,3-4,6,8-9H2,1-2H3,(H,19,20). The number of hydrogen-bond donors (Lipinski definition) is 1. The molecule has 0 aromatic heterocycles. The zero-order valence-electron chi connectivity index (χ0n) is 12.8. The Morgan fingerprint density at radius 2 is 1.91 bits per heavy atom.